The summed E-state index contributed by atoms with van der Waals surface area (Å²) in [6.07, 6.45) is 6.64. The van der Waals surface area contributed by atoms with E-state index >= 15 is 0 Å². The Morgan fingerprint density at radius 1 is 1.00 bits per heavy atom. The Kier molecular flexibility index (Phi) is 5.35. The van der Waals surface area contributed by atoms with Crippen molar-refractivity contribution in [3.8, 4) is 17.2 Å². The molecule has 1 aliphatic carbocycles. The summed E-state index contributed by atoms with van der Waals surface area (Å²) in [7, 11) is 4.59. The van der Waals surface area contributed by atoms with Crippen molar-refractivity contribution in [1.82, 2.24) is 10.2 Å². The fourth-order valence-electron chi connectivity index (χ4n) is 3.57. The van der Waals surface area contributed by atoms with Crippen molar-refractivity contribution in [3.05, 3.63) is 23.4 Å². The number of ether oxygens (including phenoxy) is 3. The number of carbonyl (C=O) groups is 2. The summed E-state index contributed by atoms with van der Waals surface area (Å²) in [5.41, 5.74) is 0.934. The van der Waals surface area contributed by atoms with Crippen LogP contribution in [-0.4, -0.2) is 44.2 Å². The molecule has 1 saturated carbocycles. The van der Waals surface area contributed by atoms with Gasteiger partial charge < -0.3 is 19.5 Å². The molecule has 2 aliphatic rings. The van der Waals surface area contributed by atoms with Crippen molar-refractivity contribution in [2.45, 2.75) is 38.1 Å². The van der Waals surface area contributed by atoms with Gasteiger partial charge in [0.25, 0.3) is 5.91 Å². The zero-order valence-corrected chi connectivity index (χ0v) is 15.3. The molecule has 1 saturated heterocycles. The van der Waals surface area contributed by atoms with Gasteiger partial charge in [-0.2, -0.15) is 0 Å². The van der Waals surface area contributed by atoms with Gasteiger partial charge in [-0.05, 0) is 36.6 Å². The molecule has 26 heavy (non-hydrogen) atoms. The van der Waals surface area contributed by atoms with E-state index in [9.17, 15) is 9.59 Å². The summed E-state index contributed by atoms with van der Waals surface area (Å²) < 4.78 is 16.0. The zero-order chi connectivity index (χ0) is 18.7. The Bertz CT molecular complexity index is 712. The maximum Gasteiger partial charge on any atom is 0.329 e. The number of hydrogen-bond acceptors (Lipinski definition) is 5. The Morgan fingerprint density at radius 2 is 1.62 bits per heavy atom. The molecule has 7 nitrogen and oxygen atoms in total. The van der Waals surface area contributed by atoms with E-state index < -0.39 is 0 Å². The van der Waals surface area contributed by atoms with E-state index in [2.05, 4.69) is 5.32 Å². The van der Waals surface area contributed by atoms with Crippen LogP contribution in [0.3, 0.4) is 0 Å². The summed E-state index contributed by atoms with van der Waals surface area (Å²) in [5.74, 6) is 1.16. The van der Waals surface area contributed by atoms with E-state index in [1.165, 1.54) is 26.2 Å². The lowest BCUT2D eigenvalue weighted by Gasteiger charge is -2.28. The Hall–Kier alpha value is -2.70. The second-order valence-corrected chi connectivity index (χ2v) is 6.41. The van der Waals surface area contributed by atoms with Crippen LogP contribution in [-0.2, 0) is 4.79 Å². The second-order valence-electron chi connectivity index (χ2n) is 6.41. The molecule has 3 amide bonds. The first-order chi connectivity index (χ1) is 12.6. The molecular formula is C19H24N2O5. The summed E-state index contributed by atoms with van der Waals surface area (Å²) in [6.45, 7) is 0. The first-order valence-corrected chi connectivity index (χ1v) is 8.75. The number of amides is 3. The third-order valence-electron chi connectivity index (χ3n) is 4.85. The van der Waals surface area contributed by atoms with Gasteiger partial charge in [-0.3, -0.25) is 9.69 Å². The van der Waals surface area contributed by atoms with Crippen molar-refractivity contribution in [2.24, 2.45) is 0 Å². The van der Waals surface area contributed by atoms with Gasteiger partial charge in [0.15, 0.2) is 11.5 Å². The first kappa shape index (κ1) is 18.1. The van der Waals surface area contributed by atoms with Gasteiger partial charge in [-0.15, -0.1) is 0 Å². The summed E-state index contributed by atoms with van der Waals surface area (Å²) in [5, 5.41) is 2.69. The molecule has 0 radical (unpaired) electrons. The summed E-state index contributed by atoms with van der Waals surface area (Å²) >= 11 is 0. The van der Waals surface area contributed by atoms with Crippen molar-refractivity contribution < 1.29 is 23.8 Å². The van der Waals surface area contributed by atoms with Gasteiger partial charge in [0.1, 0.15) is 5.70 Å². The molecule has 2 fully saturated rings. The van der Waals surface area contributed by atoms with Crippen LogP contribution in [0.1, 0.15) is 37.7 Å². The fraction of sp³-hybridized carbons (Fsp3) is 0.474. The minimum absolute atomic E-state index is 0.0120. The maximum absolute atomic E-state index is 12.7. The number of hydrogen-bond donors (Lipinski definition) is 1. The lowest BCUT2D eigenvalue weighted by atomic mass is 9.94. The highest BCUT2D eigenvalue weighted by molar-refractivity contribution is 6.14. The fourth-order valence-corrected chi connectivity index (χ4v) is 3.57. The molecule has 1 aromatic rings. The Balaban J connectivity index is 1.90. The number of methoxy groups -OCH3 is 3. The number of nitrogens with one attached hydrogen (secondary N) is 1. The van der Waals surface area contributed by atoms with Gasteiger partial charge in [-0.25, -0.2) is 4.79 Å². The average Bonchev–Trinajstić information content (AvgIpc) is 2.94. The van der Waals surface area contributed by atoms with E-state index in [-0.39, 0.29) is 23.7 Å². The molecule has 0 aromatic heterocycles. The highest BCUT2D eigenvalue weighted by Gasteiger charge is 2.39. The van der Waals surface area contributed by atoms with Crippen LogP contribution in [0.2, 0.25) is 0 Å². The zero-order valence-electron chi connectivity index (χ0n) is 15.3. The third-order valence-corrected chi connectivity index (χ3v) is 4.85. The van der Waals surface area contributed by atoms with E-state index in [0.717, 1.165) is 32.1 Å². The molecule has 0 unspecified atom stereocenters. The van der Waals surface area contributed by atoms with Gasteiger partial charge in [-0.1, -0.05) is 19.3 Å². The van der Waals surface area contributed by atoms with Gasteiger partial charge in [0, 0.05) is 6.04 Å². The van der Waals surface area contributed by atoms with Gasteiger partial charge in [0.05, 0.1) is 21.3 Å². The minimum atomic E-state index is -0.347. The largest absolute Gasteiger partial charge is 0.493 e. The first-order valence-electron chi connectivity index (χ1n) is 8.75. The van der Waals surface area contributed by atoms with Gasteiger partial charge in [0.2, 0.25) is 5.75 Å². The molecule has 7 heteroatoms. The van der Waals surface area contributed by atoms with Crippen LogP contribution in [0.4, 0.5) is 4.79 Å². The van der Waals surface area contributed by atoms with Crippen LogP contribution in [0.15, 0.2) is 17.8 Å². The smallest absolute Gasteiger partial charge is 0.329 e. The second kappa shape index (κ2) is 7.68. The third kappa shape index (κ3) is 3.34. The highest BCUT2D eigenvalue weighted by Crippen LogP contribution is 2.39. The Morgan fingerprint density at radius 3 is 2.15 bits per heavy atom. The molecule has 0 atom stereocenters. The normalized spacial score (nSPS) is 19.7. The molecule has 0 spiro atoms. The van der Waals surface area contributed by atoms with Crippen LogP contribution < -0.4 is 19.5 Å². The predicted molar refractivity (Wildman–Crippen MR) is 96.3 cm³/mol. The Labute approximate surface area is 152 Å². The van der Waals surface area contributed by atoms with Crippen molar-refractivity contribution in [1.29, 1.82) is 0 Å². The van der Waals surface area contributed by atoms with Crippen LogP contribution in [0.25, 0.3) is 6.08 Å². The SMILES string of the molecule is COc1cc(/C=C2\NC(=O)N(C3CCCCC3)C2=O)cc(OC)c1OC. The van der Waals surface area contributed by atoms with Crippen LogP contribution in [0.5, 0.6) is 17.2 Å². The lowest BCUT2D eigenvalue weighted by Crippen LogP contribution is -2.41. The number of benzene rings is 1. The summed E-state index contributed by atoms with van der Waals surface area (Å²) in [4.78, 5) is 26.4. The molecule has 3 rings (SSSR count). The van der Waals surface area contributed by atoms with E-state index in [4.69, 9.17) is 14.2 Å². The molecule has 1 aliphatic heterocycles. The maximum atomic E-state index is 12.7. The molecule has 1 heterocycles. The van der Waals surface area contributed by atoms with E-state index in [1.807, 2.05) is 0 Å². The molecular weight excluding hydrogens is 336 g/mol. The van der Waals surface area contributed by atoms with Crippen molar-refractivity contribution >= 4 is 18.0 Å². The number of urea groups is 1. The van der Waals surface area contributed by atoms with Crippen LogP contribution >= 0.6 is 0 Å². The molecule has 140 valence electrons. The predicted octanol–water partition coefficient (Wildman–Crippen LogP) is 2.94. The summed E-state index contributed by atoms with van der Waals surface area (Å²) in [6, 6.07) is 3.11. The van der Waals surface area contributed by atoms with Gasteiger partial charge >= 0.3 is 6.03 Å². The number of carbonyl (C=O) groups excluding carboxylic acids is 2. The molecule has 1 N–H and O–H groups in total. The van der Waals surface area contributed by atoms with Crippen molar-refractivity contribution in [3.63, 3.8) is 0 Å². The van der Waals surface area contributed by atoms with E-state index in [1.54, 1.807) is 18.2 Å². The molecule has 0 bridgehead atoms. The quantitative estimate of drug-likeness (QED) is 0.645. The molecule has 1 aromatic carbocycles. The minimum Gasteiger partial charge on any atom is -0.493 e. The van der Waals surface area contributed by atoms with Crippen molar-refractivity contribution in [2.75, 3.05) is 21.3 Å². The van der Waals surface area contributed by atoms with Crippen LogP contribution in [0, 0.1) is 0 Å². The topological polar surface area (TPSA) is 77.1 Å². The number of imide groups is 1. The monoisotopic (exact) mass is 360 g/mol. The highest BCUT2D eigenvalue weighted by atomic mass is 16.5. The number of rotatable bonds is 5. The average molecular weight is 360 g/mol. The number of nitrogens with zero attached hydrogens (tertiary/aromatic N) is 1. The van der Waals surface area contributed by atoms with E-state index in [0.29, 0.717) is 22.8 Å². The lowest BCUT2D eigenvalue weighted by molar-refractivity contribution is -0.124. The standard InChI is InChI=1S/C19H24N2O5/c1-24-15-10-12(11-16(25-2)17(15)26-3)9-14-18(22)21(19(23)20-14)13-7-5-4-6-8-13/h9-11,13H,4-8H2,1-3H3,(H,20,23)/b14-9-.